The zero-order valence-electron chi connectivity index (χ0n) is 8.62. The van der Waals surface area contributed by atoms with Crippen molar-refractivity contribution >= 4 is 0 Å². The van der Waals surface area contributed by atoms with Crippen LogP contribution in [0.3, 0.4) is 0 Å². The molecule has 0 aromatic rings. The van der Waals surface area contributed by atoms with Crippen LogP contribution in [-0.2, 0) is 4.74 Å². The molecule has 0 aliphatic heterocycles. The van der Waals surface area contributed by atoms with Crippen LogP contribution in [0.25, 0.3) is 0 Å². The molecule has 0 bridgehead atoms. The van der Waals surface area contributed by atoms with E-state index < -0.39 is 5.60 Å². The lowest BCUT2D eigenvalue weighted by molar-refractivity contribution is -0.108. The van der Waals surface area contributed by atoms with Gasteiger partial charge in [0, 0.05) is 13.0 Å². The second-order valence-electron chi connectivity index (χ2n) is 3.95. The maximum absolute atomic E-state index is 10.4. The number of hydrogen-bond donors (Lipinski definition) is 2. The average molecular weight is 187 g/mol. The predicted octanol–water partition coefficient (Wildman–Crippen LogP) is 0.901. The first-order valence-electron chi connectivity index (χ1n) is 5.14. The molecule has 1 aliphatic rings. The molecule has 1 saturated carbocycles. The van der Waals surface area contributed by atoms with Crippen LogP contribution in [0.5, 0.6) is 0 Å². The van der Waals surface area contributed by atoms with Gasteiger partial charge in [-0.1, -0.05) is 6.92 Å². The largest absolute Gasteiger partial charge is 0.387 e. The second-order valence-corrected chi connectivity index (χ2v) is 3.95. The van der Waals surface area contributed by atoms with Crippen molar-refractivity contribution in [3.8, 4) is 0 Å². The van der Waals surface area contributed by atoms with E-state index in [2.05, 4.69) is 6.92 Å². The Morgan fingerprint density at radius 2 is 2.38 bits per heavy atom. The molecule has 0 aromatic heterocycles. The maximum atomic E-state index is 10.4. The second kappa shape index (κ2) is 4.40. The lowest BCUT2D eigenvalue weighted by atomic mass is 9.82. The first-order valence-corrected chi connectivity index (χ1v) is 5.14. The van der Waals surface area contributed by atoms with Crippen LogP contribution in [0, 0.1) is 5.92 Å². The Kier molecular flexibility index (Phi) is 3.71. The van der Waals surface area contributed by atoms with Gasteiger partial charge in [-0.15, -0.1) is 0 Å². The number of rotatable bonds is 4. The fraction of sp³-hybridized carbons (Fsp3) is 1.00. The molecule has 1 rings (SSSR count). The fourth-order valence-corrected chi connectivity index (χ4v) is 2.49. The van der Waals surface area contributed by atoms with Crippen molar-refractivity contribution in [2.24, 2.45) is 11.7 Å². The van der Waals surface area contributed by atoms with Crippen LogP contribution < -0.4 is 5.73 Å². The number of hydrogen-bond acceptors (Lipinski definition) is 3. The van der Waals surface area contributed by atoms with Crippen LogP contribution in [0.15, 0.2) is 0 Å². The number of nitrogens with two attached hydrogens (primary N) is 1. The number of ether oxygens (including phenoxy) is 1. The Hall–Kier alpha value is -0.120. The lowest BCUT2D eigenvalue weighted by Gasteiger charge is -2.36. The zero-order valence-corrected chi connectivity index (χ0v) is 8.62. The van der Waals surface area contributed by atoms with Crippen LogP contribution in [0.4, 0.5) is 0 Å². The van der Waals surface area contributed by atoms with Crippen molar-refractivity contribution in [3.05, 3.63) is 0 Å². The molecule has 0 aromatic carbocycles. The van der Waals surface area contributed by atoms with Crippen LogP contribution in [0.2, 0.25) is 0 Å². The van der Waals surface area contributed by atoms with Gasteiger partial charge in [-0.05, 0) is 32.2 Å². The molecule has 0 spiro atoms. The summed E-state index contributed by atoms with van der Waals surface area (Å²) < 4.78 is 5.31. The minimum atomic E-state index is -0.668. The summed E-state index contributed by atoms with van der Waals surface area (Å²) >= 11 is 0. The van der Waals surface area contributed by atoms with Gasteiger partial charge in [0.2, 0.25) is 0 Å². The van der Waals surface area contributed by atoms with E-state index in [4.69, 9.17) is 10.5 Å². The smallest absolute Gasteiger partial charge is 0.0947 e. The minimum Gasteiger partial charge on any atom is -0.387 e. The molecule has 0 heterocycles. The number of methoxy groups -OCH3 is 1. The van der Waals surface area contributed by atoms with Crippen LogP contribution in [-0.4, -0.2) is 30.5 Å². The van der Waals surface area contributed by atoms with Gasteiger partial charge >= 0.3 is 0 Å². The highest BCUT2D eigenvalue weighted by atomic mass is 16.5. The molecule has 0 radical (unpaired) electrons. The molecule has 3 N–H and O–H groups in total. The average Bonchev–Trinajstić information content (AvgIpc) is 2.49. The van der Waals surface area contributed by atoms with E-state index in [9.17, 15) is 5.11 Å². The summed E-state index contributed by atoms with van der Waals surface area (Å²) in [6, 6.07) is 0. The summed E-state index contributed by atoms with van der Waals surface area (Å²) in [5, 5.41) is 10.4. The number of aliphatic hydroxyl groups is 1. The fourth-order valence-electron chi connectivity index (χ4n) is 2.49. The molecular weight excluding hydrogens is 166 g/mol. The van der Waals surface area contributed by atoms with E-state index in [0.29, 0.717) is 6.54 Å². The summed E-state index contributed by atoms with van der Waals surface area (Å²) in [4.78, 5) is 0. The molecule has 0 amide bonds. The van der Waals surface area contributed by atoms with Gasteiger partial charge in [-0.3, -0.25) is 0 Å². The van der Waals surface area contributed by atoms with Gasteiger partial charge in [0.15, 0.2) is 0 Å². The summed E-state index contributed by atoms with van der Waals surface area (Å²) in [5.74, 6) is 0.181. The maximum Gasteiger partial charge on any atom is 0.0947 e. The monoisotopic (exact) mass is 187 g/mol. The van der Waals surface area contributed by atoms with E-state index in [0.717, 1.165) is 25.7 Å². The highest BCUT2D eigenvalue weighted by Crippen LogP contribution is 2.38. The summed E-state index contributed by atoms with van der Waals surface area (Å²) in [7, 11) is 1.67. The van der Waals surface area contributed by atoms with E-state index in [1.165, 1.54) is 0 Å². The van der Waals surface area contributed by atoms with E-state index in [-0.39, 0.29) is 12.0 Å². The Morgan fingerprint density at radius 1 is 1.69 bits per heavy atom. The SMILES string of the molecule is CCC(CN)C1(O)CCCC1OC. The molecule has 3 nitrogen and oxygen atoms in total. The Morgan fingerprint density at radius 3 is 2.85 bits per heavy atom. The standard InChI is InChI=1S/C10H21NO2/c1-3-8(7-11)10(12)6-4-5-9(10)13-2/h8-9,12H,3-7,11H2,1-2H3. The van der Waals surface area contributed by atoms with E-state index in [1.807, 2.05) is 0 Å². The van der Waals surface area contributed by atoms with Crippen molar-refractivity contribution in [2.45, 2.75) is 44.3 Å². The van der Waals surface area contributed by atoms with Crippen molar-refractivity contribution in [2.75, 3.05) is 13.7 Å². The summed E-state index contributed by atoms with van der Waals surface area (Å²) in [6.45, 7) is 2.62. The van der Waals surface area contributed by atoms with E-state index >= 15 is 0 Å². The molecule has 13 heavy (non-hydrogen) atoms. The van der Waals surface area contributed by atoms with Gasteiger partial charge in [0.25, 0.3) is 0 Å². The van der Waals surface area contributed by atoms with Gasteiger partial charge in [-0.25, -0.2) is 0 Å². The third-order valence-electron chi connectivity index (χ3n) is 3.37. The molecule has 3 heteroatoms. The Labute approximate surface area is 80.3 Å². The highest BCUT2D eigenvalue weighted by molar-refractivity contribution is 4.98. The third-order valence-corrected chi connectivity index (χ3v) is 3.37. The first-order chi connectivity index (χ1) is 6.19. The third kappa shape index (κ3) is 1.87. The molecule has 78 valence electrons. The Balaban J connectivity index is 2.71. The lowest BCUT2D eigenvalue weighted by Crippen LogP contribution is -2.48. The van der Waals surface area contributed by atoms with E-state index in [1.54, 1.807) is 7.11 Å². The van der Waals surface area contributed by atoms with Crippen LogP contribution >= 0.6 is 0 Å². The van der Waals surface area contributed by atoms with Crippen molar-refractivity contribution < 1.29 is 9.84 Å². The molecule has 1 aliphatic carbocycles. The highest BCUT2D eigenvalue weighted by Gasteiger charge is 2.46. The topological polar surface area (TPSA) is 55.5 Å². The summed E-state index contributed by atoms with van der Waals surface area (Å²) in [6.07, 6.45) is 3.75. The zero-order chi connectivity index (χ0) is 9.90. The van der Waals surface area contributed by atoms with Gasteiger partial charge in [0.1, 0.15) is 0 Å². The molecular formula is C10H21NO2. The minimum absolute atomic E-state index is 0.0130. The van der Waals surface area contributed by atoms with Crippen molar-refractivity contribution in [1.29, 1.82) is 0 Å². The molecule has 3 unspecified atom stereocenters. The molecule has 1 fully saturated rings. The first kappa shape index (κ1) is 11.0. The van der Waals surface area contributed by atoms with Crippen LogP contribution in [0.1, 0.15) is 32.6 Å². The summed E-state index contributed by atoms with van der Waals surface area (Å²) in [5.41, 5.74) is 4.98. The van der Waals surface area contributed by atoms with Crippen molar-refractivity contribution in [1.82, 2.24) is 0 Å². The van der Waals surface area contributed by atoms with Gasteiger partial charge in [0.05, 0.1) is 11.7 Å². The Bertz CT molecular complexity index is 159. The quantitative estimate of drug-likeness (QED) is 0.687. The van der Waals surface area contributed by atoms with Gasteiger partial charge in [-0.2, -0.15) is 0 Å². The predicted molar refractivity (Wildman–Crippen MR) is 52.4 cm³/mol. The van der Waals surface area contributed by atoms with Gasteiger partial charge < -0.3 is 15.6 Å². The molecule has 0 saturated heterocycles. The molecule has 3 atom stereocenters. The van der Waals surface area contributed by atoms with Crippen molar-refractivity contribution in [3.63, 3.8) is 0 Å². The normalized spacial score (nSPS) is 36.5.